The fourth-order valence-corrected chi connectivity index (χ4v) is 3.27. The summed E-state index contributed by atoms with van der Waals surface area (Å²) in [7, 11) is 1.91. The zero-order valence-corrected chi connectivity index (χ0v) is 14.5. The highest BCUT2D eigenvalue weighted by atomic mass is 16.5. The number of rotatable bonds is 6. The van der Waals surface area contributed by atoms with Crippen LogP contribution in [0.15, 0.2) is 30.5 Å². The normalized spacial score (nSPS) is 16.5. The molecule has 132 valence electrons. The lowest BCUT2D eigenvalue weighted by molar-refractivity contribution is -0.0154. The lowest BCUT2D eigenvalue weighted by Crippen LogP contribution is -2.41. The smallest absolute Gasteiger partial charge is 0.0991 e. The van der Waals surface area contributed by atoms with E-state index in [2.05, 4.69) is 16.5 Å². The fourth-order valence-electron chi connectivity index (χ4n) is 3.27. The Bertz CT molecular complexity index is 740. The Morgan fingerprint density at radius 3 is 2.68 bits per heavy atom. The predicted octanol–water partition coefficient (Wildman–Crippen LogP) is 1.84. The van der Waals surface area contributed by atoms with Crippen LogP contribution >= 0.6 is 0 Å². The third-order valence-corrected chi connectivity index (χ3v) is 4.90. The van der Waals surface area contributed by atoms with Crippen LogP contribution < -0.4 is 5.32 Å². The maximum Gasteiger partial charge on any atom is 0.0991 e. The van der Waals surface area contributed by atoms with Gasteiger partial charge in [-0.05, 0) is 25.0 Å². The molecule has 3 rings (SSSR count). The molecule has 0 spiro atoms. The maximum atomic E-state index is 9.79. The molecule has 0 amide bonds. The lowest BCUT2D eigenvalue weighted by atomic mass is 9.81. The van der Waals surface area contributed by atoms with E-state index in [-0.39, 0.29) is 12.0 Å². The van der Waals surface area contributed by atoms with E-state index in [9.17, 15) is 5.11 Å². The van der Waals surface area contributed by atoms with Crippen LogP contribution in [-0.2, 0) is 18.3 Å². The van der Waals surface area contributed by atoms with Crippen molar-refractivity contribution in [2.24, 2.45) is 12.5 Å². The first kappa shape index (κ1) is 17.6. The Kier molecular flexibility index (Phi) is 5.49. The summed E-state index contributed by atoms with van der Waals surface area (Å²) < 4.78 is 7.22. The second kappa shape index (κ2) is 7.79. The highest BCUT2D eigenvalue weighted by Gasteiger charge is 2.31. The van der Waals surface area contributed by atoms with Crippen LogP contribution in [0.4, 0.5) is 0 Å². The first-order valence-electron chi connectivity index (χ1n) is 8.58. The first-order chi connectivity index (χ1) is 12.2. The quantitative estimate of drug-likeness (QED) is 0.838. The van der Waals surface area contributed by atoms with Crippen LogP contribution in [0.3, 0.4) is 0 Å². The standard InChI is InChI=1S/C19H24N4O2/c1-23-12-17(11-21-13-19(14-24)6-8-25-9-7-19)18(22-23)16-4-2-15(10-20)3-5-16/h2-5,12,21,24H,6-9,11,13-14H2,1H3. The van der Waals surface area contributed by atoms with Gasteiger partial charge in [0.1, 0.15) is 0 Å². The predicted molar refractivity (Wildman–Crippen MR) is 94.6 cm³/mol. The monoisotopic (exact) mass is 340 g/mol. The molecule has 1 aromatic heterocycles. The molecule has 6 nitrogen and oxygen atoms in total. The minimum atomic E-state index is -0.0882. The van der Waals surface area contributed by atoms with Crippen LogP contribution in [0.25, 0.3) is 11.3 Å². The Morgan fingerprint density at radius 2 is 2.04 bits per heavy atom. The van der Waals surface area contributed by atoms with Crippen molar-refractivity contribution < 1.29 is 9.84 Å². The number of benzene rings is 1. The number of nitriles is 1. The summed E-state index contributed by atoms with van der Waals surface area (Å²) in [4.78, 5) is 0. The number of aliphatic hydroxyl groups is 1. The van der Waals surface area contributed by atoms with Gasteiger partial charge in [-0.25, -0.2) is 0 Å². The Balaban J connectivity index is 1.69. The van der Waals surface area contributed by atoms with Crippen LogP contribution in [0, 0.1) is 16.7 Å². The molecule has 1 aliphatic heterocycles. The molecule has 1 saturated heterocycles. The minimum absolute atomic E-state index is 0.0882. The van der Waals surface area contributed by atoms with Gasteiger partial charge >= 0.3 is 0 Å². The van der Waals surface area contributed by atoms with Gasteiger partial charge < -0.3 is 15.2 Å². The van der Waals surface area contributed by atoms with Crippen molar-refractivity contribution in [3.05, 3.63) is 41.6 Å². The molecule has 2 heterocycles. The summed E-state index contributed by atoms with van der Waals surface area (Å²) in [5, 5.41) is 26.8. The summed E-state index contributed by atoms with van der Waals surface area (Å²) in [6.07, 6.45) is 3.77. The average molecular weight is 340 g/mol. The number of aliphatic hydroxyl groups excluding tert-OH is 1. The molecule has 25 heavy (non-hydrogen) atoms. The van der Waals surface area contributed by atoms with E-state index in [1.165, 1.54) is 0 Å². The highest BCUT2D eigenvalue weighted by Crippen LogP contribution is 2.29. The Labute approximate surface area is 148 Å². The van der Waals surface area contributed by atoms with Crippen LogP contribution in [0.5, 0.6) is 0 Å². The minimum Gasteiger partial charge on any atom is -0.396 e. The molecule has 0 saturated carbocycles. The van der Waals surface area contributed by atoms with Gasteiger partial charge in [-0.2, -0.15) is 10.4 Å². The second-order valence-electron chi connectivity index (χ2n) is 6.74. The van der Waals surface area contributed by atoms with Gasteiger partial charge in [-0.15, -0.1) is 0 Å². The van der Waals surface area contributed by atoms with E-state index in [0.717, 1.165) is 36.2 Å². The van der Waals surface area contributed by atoms with E-state index in [4.69, 9.17) is 10.00 Å². The number of hydrogen-bond acceptors (Lipinski definition) is 5. The zero-order valence-electron chi connectivity index (χ0n) is 14.5. The number of nitrogens with zero attached hydrogens (tertiary/aromatic N) is 3. The zero-order chi connectivity index (χ0) is 17.7. The number of nitrogens with one attached hydrogen (secondary N) is 1. The molecule has 0 bridgehead atoms. The third-order valence-electron chi connectivity index (χ3n) is 4.90. The summed E-state index contributed by atoms with van der Waals surface area (Å²) in [5.41, 5.74) is 3.58. The van der Waals surface area contributed by atoms with Crippen LogP contribution in [-0.4, -0.2) is 41.3 Å². The summed E-state index contributed by atoms with van der Waals surface area (Å²) in [6, 6.07) is 9.61. The third kappa shape index (κ3) is 4.07. The molecule has 6 heteroatoms. The Hall–Kier alpha value is -2.20. The van der Waals surface area contributed by atoms with Crippen molar-refractivity contribution in [1.29, 1.82) is 5.26 Å². The molecule has 1 aromatic carbocycles. The highest BCUT2D eigenvalue weighted by molar-refractivity contribution is 5.63. The van der Waals surface area contributed by atoms with Gasteiger partial charge in [0.25, 0.3) is 0 Å². The van der Waals surface area contributed by atoms with E-state index in [0.29, 0.717) is 25.3 Å². The van der Waals surface area contributed by atoms with Gasteiger partial charge in [0.05, 0.1) is 23.9 Å². The van der Waals surface area contributed by atoms with E-state index in [1.54, 1.807) is 4.68 Å². The van der Waals surface area contributed by atoms with Crippen molar-refractivity contribution in [2.75, 3.05) is 26.4 Å². The lowest BCUT2D eigenvalue weighted by Gasteiger charge is -2.35. The van der Waals surface area contributed by atoms with Crippen LogP contribution in [0.1, 0.15) is 24.0 Å². The van der Waals surface area contributed by atoms with Crippen molar-refractivity contribution in [2.45, 2.75) is 19.4 Å². The van der Waals surface area contributed by atoms with Crippen LogP contribution in [0.2, 0.25) is 0 Å². The number of hydrogen-bond donors (Lipinski definition) is 2. The molecule has 2 aromatic rings. The van der Waals surface area contributed by atoms with Gasteiger partial charge in [-0.3, -0.25) is 4.68 Å². The second-order valence-corrected chi connectivity index (χ2v) is 6.74. The van der Waals surface area contributed by atoms with Crippen molar-refractivity contribution in [1.82, 2.24) is 15.1 Å². The van der Waals surface area contributed by atoms with Crippen molar-refractivity contribution >= 4 is 0 Å². The molecule has 0 atom stereocenters. The van der Waals surface area contributed by atoms with Gasteiger partial charge in [0.2, 0.25) is 0 Å². The molecule has 1 fully saturated rings. The molecule has 1 aliphatic rings. The van der Waals surface area contributed by atoms with E-state index in [1.807, 2.05) is 37.5 Å². The SMILES string of the molecule is Cn1cc(CNCC2(CO)CCOCC2)c(-c2ccc(C#N)cc2)n1. The van der Waals surface area contributed by atoms with Crippen molar-refractivity contribution in [3.8, 4) is 17.3 Å². The molecular weight excluding hydrogens is 316 g/mol. The molecule has 2 N–H and O–H groups in total. The Morgan fingerprint density at radius 1 is 1.32 bits per heavy atom. The largest absolute Gasteiger partial charge is 0.396 e. The maximum absolute atomic E-state index is 9.79. The van der Waals surface area contributed by atoms with E-state index >= 15 is 0 Å². The number of aryl methyl sites for hydroxylation is 1. The summed E-state index contributed by atoms with van der Waals surface area (Å²) in [5.74, 6) is 0. The number of aromatic nitrogens is 2. The fraction of sp³-hybridized carbons (Fsp3) is 0.474. The summed E-state index contributed by atoms with van der Waals surface area (Å²) >= 11 is 0. The van der Waals surface area contributed by atoms with Crippen molar-refractivity contribution in [3.63, 3.8) is 0 Å². The first-order valence-corrected chi connectivity index (χ1v) is 8.58. The molecule has 0 radical (unpaired) electrons. The molecule has 0 aliphatic carbocycles. The van der Waals surface area contributed by atoms with E-state index < -0.39 is 0 Å². The molecular formula is C19H24N4O2. The molecule has 0 unspecified atom stereocenters. The van der Waals surface area contributed by atoms with Gasteiger partial charge in [0, 0.05) is 56.1 Å². The average Bonchev–Trinajstić information content (AvgIpc) is 3.03. The topological polar surface area (TPSA) is 83.1 Å². The van der Waals surface area contributed by atoms with Gasteiger partial charge in [0.15, 0.2) is 0 Å². The summed E-state index contributed by atoms with van der Waals surface area (Å²) in [6.45, 7) is 3.05. The number of ether oxygens (including phenoxy) is 1. The van der Waals surface area contributed by atoms with Gasteiger partial charge in [-0.1, -0.05) is 12.1 Å².